The summed E-state index contributed by atoms with van der Waals surface area (Å²) in [6, 6.07) is 17.2. The first-order chi connectivity index (χ1) is 14.9. The number of hydrogen-bond donors (Lipinski definition) is 1. The van der Waals surface area contributed by atoms with Crippen LogP contribution in [0.25, 0.3) is 0 Å². The standard InChI is InChI=1S/C25H26N2O4/c1-16-13-17(2)27(3)25(29)23(16)24(28)26-20(14-18-7-5-4-6-8-18)19-9-10-21-22(15-19)31-12-11-30-21/h4-10,13,15,20H,11-12,14H2,1-3H3,(H,26,28)/t20-/m0/s1. The molecule has 0 saturated carbocycles. The molecule has 1 N–H and O–H groups in total. The van der Waals surface area contributed by atoms with E-state index >= 15 is 0 Å². The summed E-state index contributed by atoms with van der Waals surface area (Å²) in [5.74, 6) is 0.982. The summed E-state index contributed by atoms with van der Waals surface area (Å²) in [5.41, 5.74) is 3.32. The Balaban J connectivity index is 1.69. The lowest BCUT2D eigenvalue weighted by Gasteiger charge is -2.23. The molecule has 1 aliphatic rings. The highest BCUT2D eigenvalue weighted by atomic mass is 16.6. The lowest BCUT2D eigenvalue weighted by Crippen LogP contribution is -2.36. The van der Waals surface area contributed by atoms with E-state index in [9.17, 15) is 9.59 Å². The van der Waals surface area contributed by atoms with E-state index in [-0.39, 0.29) is 23.1 Å². The zero-order valence-electron chi connectivity index (χ0n) is 18.0. The summed E-state index contributed by atoms with van der Waals surface area (Å²) in [5, 5.41) is 3.08. The molecule has 1 aromatic heterocycles. The number of benzene rings is 2. The number of carbonyl (C=O) groups excluding carboxylic acids is 1. The van der Waals surface area contributed by atoms with Crippen LogP contribution < -0.4 is 20.3 Å². The summed E-state index contributed by atoms with van der Waals surface area (Å²) in [6.07, 6.45) is 0.581. The van der Waals surface area contributed by atoms with E-state index in [1.165, 1.54) is 4.57 Å². The second-order valence-corrected chi connectivity index (χ2v) is 7.83. The third-order valence-corrected chi connectivity index (χ3v) is 5.65. The van der Waals surface area contributed by atoms with Crippen LogP contribution in [0.5, 0.6) is 11.5 Å². The molecule has 0 unspecified atom stereocenters. The second-order valence-electron chi connectivity index (χ2n) is 7.83. The minimum absolute atomic E-state index is 0.170. The number of ether oxygens (including phenoxy) is 2. The monoisotopic (exact) mass is 418 g/mol. The molecule has 160 valence electrons. The predicted molar refractivity (Wildman–Crippen MR) is 119 cm³/mol. The maximum absolute atomic E-state index is 13.2. The Morgan fingerprint density at radius 1 is 1.03 bits per heavy atom. The minimum Gasteiger partial charge on any atom is -0.486 e. The first kappa shape index (κ1) is 20.7. The molecule has 1 atom stereocenters. The molecule has 1 aliphatic heterocycles. The smallest absolute Gasteiger partial charge is 0.263 e. The van der Waals surface area contributed by atoms with E-state index in [0.717, 1.165) is 16.8 Å². The molecular formula is C25H26N2O4. The average Bonchev–Trinajstić information content (AvgIpc) is 2.77. The highest BCUT2D eigenvalue weighted by molar-refractivity contribution is 5.95. The van der Waals surface area contributed by atoms with Gasteiger partial charge in [0, 0.05) is 12.7 Å². The topological polar surface area (TPSA) is 69.6 Å². The molecule has 4 rings (SSSR count). The van der Waals surface area contributed by atoms with Gasteiger partial charge in [0.1, 0.15) is 18.8 Å². The molecule has 0 fully saturated rings. The van der Waals surface area contributed by atoms with Crippen LogP contribution in [0.2, 0.25) is 0 Å². The SMILES string of the molecule is Cc1cc(C)n(C)c(=O)c1C(=O)N[C@@H](Cc1ccccc1)c1ccc2c(c1)OCCO2. The average molecular weight is 418 g/mol. The van der Waals surface area contributed by atoms with Crippen molar-refractivity contribution in [1.82, 2.24) is 9.88 Å². The van der Waals surface area contributed by atoms with E-state index in [0.29, 0.717) is 36.7 Å². The lowest BCUT2D eigenvalue weighted by molar-refractivity contribution is 0.0933. The summed E-state index contributed by atoms with van der Waals surface area (Å²) in [7, 11) is 1.68. The predicted octanol–water partition coefficient (Wildman–Crippen LogP) is 3.49. The Bertz CT molecular complexity index is 1170. The van der Waals surface area contributed by atoms with Crippen LogP contribution in [-0.2, 0) is 13.5 Å². The Hall–Kier alpha value is -3.54. The van der Waals surface area contributed by atoms with Crippen LogP contribution in [-0.4, -0.2) is 23.7 Å². The summed E-state index contributed by atoms with van der Waals surface area (Å²) in [6.45, 7) is 4.65. The molecule has 0 aliphatic carbocycles. The number of aryl methyl sites for hydroxylation is 2. The number of carbonyl (C=O) groups is 1. The van der Waals surface area contributed by atoms with E-state index < -0.39 is 0 Å². The summed E-state index contributed by atoms with van der Waals surface area (Å²) in [4.78, 5) is 26.0. The van der Waals surface area contributed by atoms with Crippen molar-refractivity contribution in [3.63, 3.8) is 0 Å². The maximum atomic E-state index is 13.2. The first-order valence-electron chi connectivity index (χ1n) is 10.4. The van der Waals surface area contributed by atoms with Gasteiger partial charge >= 0.3 is 0 Å². The van der Waals surface area contributed by atoms with Crippen molar-refractivity contribution in [2.45, 2.75) is 26.3 Å². The summed E-state index contributed by atoms with van der Waals surface area (Å²) < 4.78 is 12.9. The zero-order valence-corrected chi connectivity index (χ0v) is 18.0. The van der Waals surface area contributed by atoms with Crippen molar-refractivity contribution in [3.8, 4) is 11.5 Å². The Morgan fingerprint density at radius 3 is 2.48 bits per heavy atom. The molecule has 0 spiro atoms. The molecular weight excluding hydrogens is 392 g/mol. The maximum Gasteiger partial charge on any atom is 0.263 e. The Labute approximate surface area is 181 Å². The fraction of sp³-hybridized carbons (Fsp3) is 0.280. The van der Waals surface area contributed by atoms with Crippen LogP contribution in [0.4, 0.5) is 0 Å². The molecule has 0 saturated heterocycles. The van der Waals surface area contributed by atoms with Crippen molar-refractivity contribution in [2.24, 2.45) is 7.05 Å². The van der Waals surface area contributed by atoms with Crippen molar-refractivity contribution in [1.29, 1.82) is 0 Å². The summed E-state index contributed by atoms with van der Waals surface area (Å²) >= 11 is 0. The van der Waals surface area contributed by atoms with Gasteiger partial charge in [-0.1, -0.05) is 36.4 Å². The van der Waals surface area contributed by atoms with Crippen molar-refractivity contribution >= 4 is 5.91 Å². The number of hydrogen-bond acceptors (Lipinski definition) is 4. The van der Waals surface area contributed by atoms with Crippen LogP contribution in [0.1, 0.15) is 38.8 Å². The Morgan fingerprint density at radius 2 is 1.74 bits per heavy atom. The fourth-order valence-electron chi connectivity index (χ4n) is 3.86. The highest BCUT2D eigenvalue weighted by Gasteiger charge is 2.23. The fourth-order valence-corrected chi connectivity index (χ4v) is 3.86. The van der Waals surface area contributed by atoms with Gasteiger partial charge < -0.3 is 19.4 Å². The van der Waals surface area contributed by atoms with Gasteiger partial charge in [-0.2, -0.15) is 0 Å². The third kappa shape index (κ3) is 4.33. The lowest BCUT2D eigenvalue weighted by atomic mass is 9.97. The van der Waals surface area contributed by atoms with Crippen molar-refractivity contribution in [3.05, 3.63) is 92.9 Å². The second kappa shape index (κ2) is 8.68. The molecule has 6 heteroatoms. The van der Waals surface area contributed by atoms with Gasteiger partial charge in [0.2, 0.25) is 0 Å². The van der Waals surface area contributed by atoms with Gasteiger partial charge in [-0.25, -0.2) is 0 Å². The number of nitrogens with one attached hydrogen (secondary N) is 1. The molecule has 2 heterocycles. The van der Waals surface area contributed by atoms with Crippen LogP contribution in [0, 0.1) is 13.8 Å². The number of aromatic nitrogens is 1. The molecule has 6 nitrogen and oxygen atoms in total. The quantitative estimate of drug-likeness (QED) is 0.689. The minimum atomic E-state index is -0.381. The largest absolute Gasteiger partial charge is 0.486 e. The van der Waals surface area contributed by atoms with Gasteiger partial charge in [0.15, 0.2) is 11.5 Å². The van der Waals surface area contributed by atoms with Crippen LogP contribution >= 0.6 is 0 Å². The normalized spacial score (nSPS) is 13.5. The number of pyridine rings is 1. The molecule has 3 aromatic rings. The van der Waals surface area contributed by atoms with E-state index in [2.05, 4.69) is 5.32 Å². The third-order valence-electron chi connectivity index (χ3n) is 5.65. The number of fused-ring (bicyclic) bond motifs is 1. The number of rotatable bonds is 5. The van der Waals surface area contributed by atoms with Gasteiger partial charge in [-0.15, -0.1) is 0 Å². The van der Waals surface area contributed by atoms with E-state index in [4.69, 9.17) is 9.47 Å². The number of amides is 1. The number of nitrogens with zero attached hydrogens (tertiary/aromatic N) is 1. The Kier molecular flexibility index (Phi) is 5.80. The van der Waals surface area contributed by atoms with Crippen LogP contribution in [0.3, 0.4) is 0 Å². The van der Waals surface area contributed by atoms with E-state index in [1.54, 1.807) is 14.0 Å². The molecule has 2 aromatic carbocycles. The highest BCUT2D eigenvalue weighted by Crippen LogP contribution is 2.33. The van der Waals surface area contributed by atoms with Gasteiger partial charge in [0.25, 0.3) is 11.5 Å². The zero-order chi connectivity index (χ0) is 22.0. The van der Waals surface area contributed by atoms with Crippen molar-refractivity contribution in [2.75, 3.05) is 13.2 Å². The van der Waals surface area contributed by atoms with Crippen molar-refractivity contribution < 1.29 is 14.3 Å². The van der Waals surface area contributed by atoms with E-state index in [1.807, 2.05) is 61.5 Å². The molecule has 31 heavy (non-hydrogen) atoms. The molecule has 0 radical (unpaired) electrons. The van der Waals surface area contributed by atoms with Crippen LogP contribution in [0.15, 0.2) is 59.4 Å². The molecule has 0 bridgehead atoms. The van der Waals surface area contributed by atoms with Gasteiger partial charge in [-0.05, 0) is 55.2 Å². The van der Waals surface area contributed by atoms with Gasteiger partial charge in [0.05, 0.1) is 6.04 Å². The first-order valence-corrected chi connectivity index (χ1v) is 10.4. The molecule has 1 amide bonds. The van der Waals surface area contributed by atoms with Gasteiger partial charge in [-0.3, -0.25) is 9.59 Å².